The maximum Gasteiger partial charge on any atom is 0.336 e. The zero-order valence-electron chi connectivity index (χ0n) is 15.2. The highest BCUT2D eigenvalue weighted by Gasteiger charge is 2.14. The van der Waals surface area contributed by atoms with Crippen LogP contribution in [-0.4, -0.2) is 28.6 Å². The molecule has 0 spiro atoms. The molecule has 0 aliphatic rings. The Morgan fingerprint density at radius 1 is 1.24 bits per heavy atom. The summed E-state index contributed by atoms with van der Waals surface area (Å²) < 4.78 is 0. The van der Waals surface area contributed by atoms with Gasteiger partial charge in [-0.15, -0.1) is 0 Å². The Labute approximate surface area is 153 Å². The van der Waals surface area contributed by atoms with Crippen molar-refractivity contribution in [3.05, 3.63) is 46.0 Å². The van der Waals surface area contributed by atoms with Crippen molar-refractivity contribution in [2.75, 3.05) is 16.8 Å². The normalized spacial score (nSPS) is 10.8. The van der Waals surface area contributed by atoms with Gasteiger partial charge >= 0.3 is 5.97 Å². The van der Waals surface area contributed by atoms with Gasteiger partial charge in [0, 0.05) is 23.3 Å². The van der Waals surface area contributed by atoms with Crippen molar-refractivity contribution in [1.82, 2.24) is 4.98 Å². The number of aromatic nitrogens is 1. The molecule has 1 heterocycles. The number of anilines is 3. The van der Waals surface area contributed by atoms with Crippen LogP contribution in [0.4, 0.5) is 17.3 Å². The number of carboxylic acid groups (broad SMARTS) is 1. The van der Waals surface area contributed by atoms with Gasteiger partial charge < -0.3 is 15.3 Å². The summed E-state index contributed by atoms with van der Waals surface area (Å²) in [5.41, 5.74) is 2.53. The molecule has 0 saturated heterocycles. The molecule has 25 heavy (non-hydrogen) atoms. The third-order valence-electron chi connectivity index (χ3n) is 4.05. The van der Waals surface area contributed by atoms with E-state index in [2.05, 4.69) is 36.0 Å². The van der Waals surface area contributed by atoms with Gasteiger partial charge in [-0.2, -0.15) is 0 Å². The highest BCUT2D eigenvalue weighted by molar-refractivity contribution is 6.31. The number of hydrogen-bond donors (Lipinski definition) is 2. The molecule has 6 heteroatoms. The molecule has 2 N–H and O–H groups in total. The van der Waals surface area contributed by atoms with Crippen LogP contribution in [0.3, 0.4) is 0 Å². The maximum absolute atomic E-state index is 11.3. The van der Waals surface area contributed by atoms with Gasteiger partial charge in [0.05, 0.1) is 5.56 Å². The molecule has 2 rings (SSSR count). The van der Waals surface area contributed by atoms with E-state index >= 15 is 0 Å². The molecular formula is C19H24ClN3O2. The number of carboxylic acids is 1. The highest BCUT2D eigenvalue weighted by Crippen LogP contribution is 2.27. The second kappa shape index (κ2) is 7.74. The lowest BCUT2D eigenvalue weighted by Crippen LogP contribution is -2.31. The fourth-order valence-corrected chi connectivity index (χ4v) is 3.21. The summed E-state index contributed by atoms with van der Waals surface area (Å²) in [6, 6.07) is 7.52. The molecule has 0 radical (unpaired) electrons. The summed E-state index contributed by atoms with van der Waals surface area (Å²) in [5.74, 6) is 0.520. The molecule has 2 aromatic rings. The minimum atomic E-state index is -0.916. The first-order valence-electron chi connectivity index (χ1n) is 8.28. The van der Waals surface area contributed by atoms with E-state index in [4.69, 9.17) is 11.6 Å². The van der Waals surface area contributed by atoms with Crippen molar-refractivity contribution >= 4 is 34.9 Å². The lowest BCUT2D eigenvalue weighted by molar-refractivity contribution is 0.0695. The molecule has 5 nitrogen and oxygen atoms in total. The molecule has 0 saturated carbocycles. The quantitative estimate of drug-likeness (QED) is 0.755. The third-order valence-corrected chi connectivity index (χ3v) is 4.27. The SMILES string of the molecule is CCN(c1cc(Cl)cc(Nc2cc(C)c(C(=O)O)c(C)c2)n1)C(C)C. The van der Waals surface area contributed by atoms with Gasteiger partial charge in [0.2, 0.25) is 0 Å². The monoisotopic (exact) mass is 361 g/mol. The van der Waals surface area contributed by atoms with Gasteiger partial charge in [0.25, 0.3) is 0 Å². The van der Waals surface area contributed by atoms with Gasteiger partial charge in [0.15, 0.2) is 0 Å². The first-order valence-corrected chi connectivity index (χ1v) is 8.66. The Hall–Kier alpha value is -2.27. The molecule has 0 unspecified atom stereocenters. The molecule has 134 valence electrons. The lowest BCUT2D eigenvalue weighted by atomic mass is 10.0. The van der Waals surface area contributed by atoms with Crippen molar-refractivity contribution < 1.29 is 9.90 Å². The number of rotatable bonds is 6. The average molecular weight is 362 g/mol. The van der Waals surface area contributed by atoms with Crippen molar-refractivity contribution in [3.8, 4) is 0 Å². The van der Waals surface area contributed by atoms with Crippen molar-refractivity contribution in [3.63, 3.8) is 0 Å². The summed E-state index contributed by atoms with van der Waals surface area (Å²) in [6.45, 7) is 10.7. The topological polar surface area (TPSA) is 65.5 Å². The zero-order chi connectivity index (χ0) is 18.7. The molecule has 0 fully saturated rings. The van der Waals surface area contributed by atoms with Gasteiger partial charge in [-0.25, -0.2) is 9.78 Å². The van der Waals surface area contributed by atoms with Crippen LogP contribution in [0.5, 0.6) is 0 Å². The summed E-state index contributed by atoms with van der Waals surface area (Å²) in [6.07, 6.45) is 0. The van der Waals surface area contributed by atoms with Crippen LogP contribution < -0.4 is 10.2 Å². The van der Waals surface area contributed by atoms with Crippen molar-refractivity contribution in [2.45, 2.75) is 40.7 Å². The van der Waals surface area contributed by atoms with E-state index in [-0.39, 0.29) is 0 Å². The van der Waals surface area contributed by atoms with E-state index in [0.29, 0.717) is 33.6 Å². The Kier molecular flexibility index (Phi) is 5.90. The van der Waals surface area contributed by atoms with Gasteiger partial charge in [-0.05, 0) is 70.0 Å². The van der Waals surface area contributed by atoms with Crippen LogP contribution in [0.15, 0.2) is 24.3 Å². The van der Waals surface area contributed by atoms with E-state index < -0.39 is 5.97 Å². The lowest BCUT2D eigenvalue weighted by Gasteiger charge is -2.27. The van der Waals surface area contributed by atoms with Gasteiger partial charge in [-0.1, -0.05) is 11.6 Å². The van der Waals surface area contributed by atoms with Crippen LogP contribution in [0.2, 0.25) is 5.02 Å². The smallest absolute Gasteiger partial charge is 0.336 e. The molecule has 1 aromatic carbocycles. The van der Waals surface area contributed by atoms with Crippen LogP contribution in [0.1, 0.15) is 42.3 Å². The Morgan fingerprint density at radius 3 is 2.32 bits per heavy atom. The average Bonchev–Trinajstić information content (AvgIpc) is 2.45. The number of nitrogens with zero attached hydrogens (tertiary/aromatic N) is 2. The standard InChI is InChI=1S/C19H24ClN3O2/c1-6-23(11(2)3)17-10-14(20)9-16(22-17)21-15-7-12(4)18(19(24)25)13(5)8-15/h7-11H,6H2,1-5H3,(H,21,22)(H,24,25). The minimum absolute atomic E-state index is 0.308. The molecule has 0 bridgehead atoms. The van der Waals surface area contributed by atoms with Crippen LogP contribution in [0.25, 0.3) is 0 Å². The van der Waals surface area contributed by atoms with Crippen molar-refractivity contribution in [2.24, 2.45) is 0 Å². The van der Waals surface area contributed by atoms with Crippen LogP contribution in [0, 0.1) is 13.8 Å². The number of aromatic carboxylic acids is 1. The van der Waals surface area contributed by atoms with E-state index in [1.165, 1.54) is 0 Å². The predicted molar refractivity (Wildman–Crippen MR) is 104 cm³/mol. The highest BCUT2D eigenvalue weighted by atomic mass is 35.5. The first kappa shape index (κ1) is 19.1. The zero-order valence-corrected chi connectivity index (χ0v) is 16.0. The second-order valence-corrected chi connectivity index (χ2v) is 6.76. The fraction of sp³-hybridized carbons (Fsp3) is 0.368. The van der Waals surface area contributed by atoms with Gasteiger partial charge in [-0.3, -0.25) is 0 Å². The van der Waals surface area contributed by atoms with Crippen molar-refractivity contribution in [1.29, 1.82) is 0 Å². The maximum atomic E-state index is 11.3. The first-order chi connectivity index (χ1) is 11.7. The van der Waals surface area contributed by atoms with Crippen LogP contribution >= 0.6 is 11.6 Å². The molecule has 0 amide bonds. The minimum Gasteiger partial charge on any atom is -0.478 e. The Morgan fingerprint density at radius 2 is 1.84 bits per heavy atom. The number of carbonyl (C=O) groups is 1. The summed E-state index contributed by atoms with van der Waals surface area (Å²) in [5, 5.41) is 13.1. The third kappa shape index (κ3) is 4.42. The van der Waals surface area contributed by atoms with Gasteiger partial charge in [0.1, 0.15) is 11.6 Å². The molecular weight excluding hydrogens is 338 g/mol. The predicted octanol–water partition coefficient (Wildman–Crippen LogP) is 5.03. The Bertz CT molecular complexity index is 767. The number of benzene rings is 1. The summed E-state index contributed by atoms with van der Waals surface area (Å²) >= 11 is 6.27. The number of hydrogen-bond acceptors (Lipinski definition) is 4. The number of halogens is 1. The Balaban J connectivity index is 2.38. The largest absolute Gasteiger partial charge is 0.478 e. The number of pyridine rings is 1. The second-order valence-electron chi connectivity index (χ2n) is 6.32. The fourth-order valence-electron chi connectivity index (χ4n) is 3.01. The number of aryl methyl sites for hydroxylation is 2. The summed E-state index contributed by atoms with van der Waals surface area (Å²) in [4.78, 5) is 18.1. The van der Waals surface area contributed by atoms with E-state index in [9.17, 15) is 9.90 Å². The van der Waals surface area contributed by atoms with Crippen LogP contribution in [-0.2, 0) is 0 Å². The molecule has 0 aliphatic heterocycles. The van der Waals surface area contributed by atoms with E-state index in [1.807, 2.05) is 6.07 Å². The summed E-state index contributed by atoms with van der Waals surface area (Å²) in [7, 11) is 0. The number of nitrogens with one attached hydrogen (secondary N) is 1. The van der Waals surface area contributed by atoms with E-state index in [0.717, 1.165) is 18.1 Å². The molecule has 1 aromatic heterocycles. The molecule has 0 atom stereocenters. The van der Waals surface area contributed by atoms with E-state index in [1.54, 1.807) is 32.0 Å². The molecule has 0 aliphatic carbocycles.